The molecule has 5 nitrogen and oxygen atoms in total. The lowest BCUT2D eigenvalue weighted by molar-refractivity contribution is 0.137. The highest BCUT2D eigenvalue weighted by Crippen LogP contribution is 2.34. The Balaban J connectivity index is 1.80. The summed E-state index contributed by atoms with van der Waals surface area (Å²) >= 11 is 3.40. The van der Waals surface area contributed by atoms with Crippen LogP contribution in [-0.4, -0.2) is 46.3 Å². The number of rotatable bonds is 1. The van der Waals surface area contributed by atoms with Gasteiger partial charge in [-0.3, -0.25) is 4.98 Å². The Labute approximate surface area is 107 Å². The van der Waals surface area contributed by atoms with Crippen molar-refractivity contribution in [1.29, 1.82) is 0 Å². The maximum Gasteiger partial charge on any atom is 0.407 e. The minimum absolute atomic E-state index is 0.136. The normalized spacial score (nSPS) is 26.6. The number of carboxylic acid groups (broad SMARTS) is 1. The van der Waals surface area contributed by atoms with E-state index in [-0.39, 0.29) is 6.04 Å². The van der Waals surface area contributed by atoms with E-state index in [1.165, 1.54) is 0 Å². The number of amides is 1. The first-order valence-electron chi connectivity index (χ1n) is 5.52. The number of pyridine rings is 1. The zero-order chi connectivity index (χ0) is 12.0. The number of hydrogen-bond acceptors (Lipinski definition) is 3. The summed E-state index contributed by atoms with van der Waals surface area (Å²) in [5.41, 5.74) is 1.07. The Bertz CT molecular complexity index is 468. The smallest absolute Gasteiger partial charge is 0.407 e. The van der Waals surface area contributed by atoms with Crippen molar-refractivity contribution < 1.29 is 9.90 Å². The number of nitrogens with zero attached hydrogens (tertiary/aromatic N) is 3. The summed E-state index contributed by atoms with van der Waals surface area (Å²) in [6, 6.07) is 2.46. The van der Waals surface area contributed by atoms with Crippen LogP contribution in [0.25, 0.3) is 0 Å². The van der Waals surface area contributed by atoms with Crippen LogP contribution in [0, 0.1) is 0 Å². The molecular formula is C11H12BrN3O2. The van der Waals surface area contributed by atoms with Crippen molar-refractivity contribution in [1.82, 2.24) is 9.88 Å². The Morgan fingerprint density at radius 1 is 1.41 bits per heavy atom. The third kappa shape index (κ3) is 1.76. The highest BCUT2D eigenvalue weighted by atomic mass is 79.9. The molecule has 0 spiro atoms. The molecular weight excluding hydrogens is 286 g/mol. The van der Waals surface area contributed by atoms with Gasteiger partial charge in [0.25, 0.3) is 0 Å². The summed E-state index contributed by atoms with van der Waals surface area (Å²) in [7, 11) is 0. The van der Waals surface area contributed by atoms with Crippen LogP contribution in [-0.2, 0) is 0 Å². The SMILES string of the molecule is O=C(O)N1C[C@H]2C[C@@H]1CN2c1cncc(Br)c1. The van der Waals surface area contributed by atoms with E-state index in [1.807, 2.05) is 12.3 Å². The van der Waals surface area contributed by atoms with E-state index in [0.717, 1.165) is 23.1 Å². The largest absolute Gasteiger partial charge is 0.465 e. The van der Waals surface area contributed by atoms with Crippen molar-refractivity contribution in [2.75, 3.05) is 18.0 Å². The molecule has 0 aromatic carbocycles. The molecule has 0 unspecified atom stereocenters. The van der Waals surface area contributed by atoms with Gasteiger partial charge in [0.2, 0.25) is 0 Å². The molecule has 2 aliphatic rings. The summed E-state index contributed by atoms with van der Waals surface area (Å²) in [5.74, 6) is 0. The van der Waals surface area contributed by atoms with Gasteiger partial charge < -0.3 is 14.9 Å². The monoisotopic (exact) mass is 297 g/mol. The van der Waals surface area contributed by atoms with Gasteiger partial charge in [-0.15, -0.1) is 0 Å². The van der Waals surface area contributed by atoms with Gasteiger partial charge in [-0.25, -0.2) is 4.79 Å². The molecule has 17 heavy (non-hydrogen) atoms. The van der Waals surface area contributed by atoms with Crippen LogP contribution in [0.1, 0.15) is 6.42 Å². The van der Waals surface area contributed by atoms with Crippen molar-refractivity contribution in [3.05, 3.63) is 22.9 Å². The average molecular weight is 298 g/mol. The Kier molecular flexibility index (Phi) is 2.47. The number of hydrogen-bond donors (Lipinski definition) is 1. The molecule has 2 bridgehead atoms. The lowest BCUT2D eigenvalue weighted by atomic mass is 10.2. The fraction of sp³-hybridized carbons (Fsp3) is 0.455. The quantitative estimate of drug-likeness (QED) is 0.858. The van der Waals surface area contributed by atoms with Gasteiger partial charge in [-0.2, -0.15) is 0 Å². The first-order chi connectivity index (χ1) is 8.15. The van der Waals surface area contributed by atoms with Gasteiger partial charge in [0.1, 0.15) is 0 Å². The summed E-state index contributed by atoms with van der Waals surface area (Å²) < 4.78 is 0.952. The molecule has 0 radical (unpaired) electrons. The number of piperazine rings is 1. The van der Waals surface area contributed by atoms with Crippen molar-refractivity contribution in [2.45, 2.75) is 18.5 Å². The molecule has 1 amide bonds. The van der Waals surface area contributed by atoms with E-state index in [4.69, 9.17) is 5.11 Å². The average Bonchev–Trinajstić information content (AvgIpc) is 2.87. The van der Waals surface area contributed by atoms with Crippen molar-refractivity contribution >= 4 is 27.7 Å². The van der Waals surface area contributed by atoms with Crippen molar-refractivity contribution in [3.63, 3.8) is 0 Å². The summed E-state index contributed by atoms with van der Waals surface area (Å²) in [6.07, 6.45) is 3.71. The standard InChI is InChI=1S/C11H12BrN3O2/c12-7-1-8(4-13-3-7)14-5-10-2-9(14)6-15(10)11(16)17/h1,3-4,9-10H,2,5-6H2,(H,16,17)/t9-,10-/m1/s1. The Hall–Kier alpha value is -1.30. The van der Waals surface area contributed by atoms with Crippen molar-refractivity contribution in [2.24, 2.45) is 0 Å². The number of aromatic nitrogens is 1. The van der Waals surface area contributed by atoms with Crippen LogP contribution in [0.5, 0.6) is 0 Å². The predicted molar refractivity (Wildman–Crippen MR) is 66.2 cm³/mol. The van der Waals surface area contributed by atoms with E-state index in [2.05, 4.69) is 25.8 Å². The van der Waals surface area contributed by atoms with Crippen LogP contribution in [0.2, 0.25) is 0 Å². The summed E-state index contributed by atoms with van der Waals surface area (Å²) in [5, 5.41) is 9.02. The number of likely N-dealkylation sites (tertiary alicyclic amines) is 1. The minimum Gasteiger partial charge on any atom is -0.465 e. The van der Waals surface area contributed by atoms with E-state index in [9.17, 15) is 4.79 Å². The van der Waals surface area contributed by atoms with E-state index < -0.39 is 6.09 Å². The molecule has 90 valence electrons. The first kappa shape index (κ1) is 10.8. The number of anilines is 1. The van der Waals surface area contributed by atoms with Gasteiger partial charge in [-0.05, 0) is 28.4 Å². The molecule has 0 saturated carbocycles. The highest BCUT2D eigenvalue weighted by molar-refractivity contribution is 9.10. The molecule has 2 fully saturated rings. The van der Waals surface area contributed by atoms with E-state index in [1.54, 1.807) is 11.1 Å². The van der Waals surface area contributed by atoms with Gasteiger partial charge in [0.15, 0.2) is 0 Å². The molecule has 6 heteroatoms. The van der Waals surface area contributed by atoms with Crippen LogP contribution in [0.4, 0.5) is 10.5 Å². The van der Waals surface area contributed by atoms with Crippen LogP contribution in [0.15, 0.2) is 22.9 Å². The second kappa shape index (κ2) is 3.87. The molecule has 2 aliphatic heterocycles. The van der Waals surface area contributed by atoms with Crippen LogP contribution >= 0.6 is 15.9 Å². The van der Waals surface area contributed by atoms with Crippen molar-refractivity contribution in [3.8, 4) is 0 Å². The molecule has 2 atom stereocenters. The fourth-order valence-corrected chi connectivity index (χ4v) is 3.13. The molecule has 2 saturated heterocycles. The molecule has 3 rings (SSSR count). The van der Waals surface area contributed by atoms with Gasteiger partial charge in [-0.1, -0.05) is 0 Å². The van der Waals surface area contributed by atoms with Crippen LogP contribution in [0.3, 0.4) is 0 Å². The van der Waals surface area contributed by atoms with Gasteiger partial charge in [0, 0.05) is 29.8 Å². The first-order valence-corrected chi connectivity index (χ1v) is 6.31. The zero-order valence-electron chi connectivity index (χ0n) is 9.08. The lowest BCUT2D eigenvalue weighted by Gasteiger charge is -2.33. The molecule has 1 N–H and O–H groups in total. The maximum absolute atomic E-state index is 11.0. The third-order valence-corrected chi connectivity index (χ3v) is 3.94. The minimum atomic E-state index is -0.801. The molecule has 1 aromatic heterocycles. The predicted octanol–water partition coefficient (Wildman–Crippen LogP) is 1.79. The third-order valence-electron chi connectivity index (χ3n) is 3.51. The molecule has 3 heterocycles. The van der Waals surface area contributed by atoms with Gasteiger partial charge in [0.05, 0.1) is 17.9 Å². The van der Waals surface area contributed by atoms with Gasteiger partial charge >= 0.3 is 6.09 Å². The fourth-order valence-electron chi connectivity index (χ4n) is 2.78. The van der Waals surface area contributed by atoms with E-state index >= 15 is 0 Å². The number of carbonyl (C=O) groups is 1. The lowest BCUT2D eigenvalue weighted by Crippen LogP contribution is -2.48. The second-order valence-electron chi connectivity index (χ2n) is 4.49. The molecule has 1 aromatic rings. The highest BCUT2D eigenvalue weighted by Gasteiger charge is 2.45. The number of halogens is 1. The summed E-state index contributed by atoms with van der Waals surface area (Å²) in [4.78, 5) is 18.9. The maximum atomic E-state index is 11.0. The van der Waals surface area contributed by atoms with Crippen LogP contribution < -0.4 is 4.90 Å². The topological polar surface area (TPSA) is 56.7 Å². The van der Waals surface area contributed by atoms with E-state index in [0.29, 0.717) is 12.6 Å². The zero-order valence-corrected chi connectivity index (χ0v) is 10.7. The second-order valence-corrected chi connectivity index (χ2v) is 5.41. The summed E-state index contributed by atoms with van der Waals surface area (Å²) in [6.45, 7) is 1.38. The Morgan fingerprint density at radius 2 is 2.24 bits per heavy atom. The molecule has 0 aliphatic carbocycles. The number of fused-ring (bicyclic) bond motifs is 2. The Morgan fingerprint density at radius 3 is 2.82 bits per heavy atom.